The molecule has 0 radical (unpaired) electrons. The number of pyridine rings is 1. The van der Waals surface area contributed by atoms with Crippen LogP contribution in [0.5, 0.6) is 5.75 Å². The fourth-order valence-electron chi connectivity index (χ4n) is 3.46. The number of nitrogens with one attached hydrogen (secondary N) is 1. The standard InChI is InChI=1S/C23H25FN4O4S/c1-5-33(30,31)27-21-9-18(22(32-4)10-20(21)24)19-13-28(3)23(29)16-7-6-14(8-17(16)19)15(11-25)12-26-2/h6-13,27H,5,25H2,1-4H3. The molecular formula is C23H25FN4O4S. The van der Waals surface area contributed by atoms with Gasteiger partial charge < -0.3 is 15.0 Å². The summed E-state index contributed by atoms with van der Waals surface area (Å²) in [5, 5.41) is 0.985. The molecule has 3 rings (SSSR count). The second-order valence-electron chi connectivity index (χ2n) is 7.27. The average molecular weight is 473 g/mol. The van der Waals surface area contributed by atoms with Crippen molar-refractivity contribution in [2.45, 2.75) is 6.92 Å². The van der Waals surface area contributed by atoms with Crippen molar-refractivity contribution in [1.29, 1.82) is 0 Å². The van der Waals surface area contributed by atoms with E-state index in [2.05, 4.69) is 9.71 Å². The van der Waals surface area contributed by atoms with E-state index in [9.17, 15) is 17.6 Å². The molecule has 0 aliphatic rings. The Labute approximate surface area is 191 Å². The van der Waals surface area contributed by atoms with Crippen molar-refractivity contribution >= 4 is 38.3 Å². The zero-order chi connectivity index (χ0) is 24.3. The van der Waals surface area contributed by atoms with Gasteiger partial charge in [-0.25, -0.2) is 12.8 Å². The monoisotopic (exact) mass is 472 g/mol. The fourth-order valence-corrected chi connectivity index (χ4v) is 4.10. The first-order valence-corrected chi connectivity index (χ1v) is 11.7. The van der Waals surface area contributed by atoms with Crippen LogP contribution < -0.4 is 20.8 Å². The Morgan fingerprint density at radius 3 is 2.58 bits per heavy atom. The van der Waals surface area contributed by atoms with E-state index >= 15 is 0 Å². The molecule has 33 heavy (non-hydrogen) atoms. The smallest absolute Gasteiger partial charge is 0.258 e. The number of fused-ring (bicyclic) bond motifs is 1. The highest BCUT2D eigenvalue weighted by atomic mass is 32.2. The van der Waals surface area contributed by atoms with Crippen molar-refractivity contribution in [2.75, 3.05) is 24.6 Å². The van der Waals surface area contributed by atoms with E-state index in [4.69, 9.17) is 10.5 Å². The van der Waals surface area contributed by atoms with Gasteiger partial charge >= 0.3 is 0 Å². The Morgan fingerprint density at radius 1 is 1.24 bits per heavy atom. The molecule has 0 unspecified atom stereocenters. The molecular weight excluding hydrogens is 447 g/mol. The number of anilines is 1. The van der Waals surface area contributed by atoms with Crippen LogP contribution in [0.1, 0.15) is 12.5 Å². The molecule has 0 fully saturated rings. The van der Waals surface area contributed by atoms with Crippen LogP contribution in [-0.2, 0) is 17.1 Å². The first-order valence-electron chi connectivity index (χ1n) is 10.0. The maximum absolute atomic E-state index is 14.7. The van der Waals surface area contributed by atoms with Crippen LogP contribution in [-0.4, -0.2) is 39.1 Å². The number of nitrogens with two attached hydrogens (primary N) is 1. The maximum Gasteiger partial charge on any atom is 0.258 e. The third-order valence-electron chi connectivity index (χ3n) is 5.19. The second kappa shape index (κ2) is 9.45. The number of halogens is 1. The minimum Gasteiger partial charge on any atom is -0.496 e. The van der Waals surface area contributed by atoms with Crippen LogP contribution >= 0.6 is 0 Å². The van der Waals surface area contributed by atoms with Gasteiger partial charge in [0.1, 0.15) is 5.75 Å². The summed E-state index contributed by atoms with van der Waals surface area (Å²) in [5.41, 5.74) is 7.63. The highest BCUT2D eigenvalue weighted by Gasteiger charge is 2.19. The lowest BCUT2D eigenvalue weighted by Crippen LogP contribution is -2.17. The molecule has 3 aromatic rings. The van der Waals surface area contributed by atoms with Gasteiger partial charge in [-0.15, -0.1) is 0 Å². The molecule has 8 nitrogen and oxygen atoms in total. The zero-order valence-corrected chi connectivity index (χ0v) is 19.5. The Hall–Kier alpha value is -3.66. The summed E-state index contributed by atoms with van der Waals surface area (Å²) in [6, 6.07) is 7.70. The minimum absolute atomic E-state index is 0.182. The molecule has 3 N–H and O–H groups in total. The lowest BCUT2D eigenvalue weighted by molar-refractivity contribution is 0.413. The van der Waals surface area contributed by atoms with Crippen molar-refractivity contribution in [3.63, 3.8) is 0 Å². The topological polar surface area (TPSA) is 116 Å². The molecule has 1 aromatic heterocycles. The summed E-state index contributed by atoms with van der Waals surface area (Å²) in [6.45, 7) is 1.45. The largest absolute Gasteiger partial charge is 0.496 e. The van der Waals surface area contributed by atoms with E-state index in [0.29, 0.717) is 27.5 Å². The predicted octanol–water partition coefficient (Wildman–Crippen LogP) is 3.12. The summed E-state index contributed by atoms with van der Waals surface area (Å²) < 4.78 is 47.8. The summed E-state index contributed by atoms with van der Waals surface area (Å²) >= 11 is 0. The normalized spacial score (nSPS) is 12.5. The number of ether oxygens (including phenoxy) is 1. The second-order valence-corrected chi connectivity index (χ2v) is 9.28. The maximum atomic E-state index is 14.7. The number of sulfonamides is 1. The molecule has 0 saturated heterocycles. The quantitative estimate of drug-likeness (QED) is 0.513. The number of rotatable bonds is 7. The van der Waals surface area contributed by atoms with Gasteiger partial charge in [-0.1, -0.05) is 6.07 Å². The SMILES string of the molecule is CCS(=O)(=O)Nc1cc(-c2cn(C)c(=O)c3ccc(C(C=NC)=CN)cc23)c(OC)cc1F. The van der Waals surface area contributed by atoms with Crippen LogP contribution in [0, 0.1) is 5.82 Å². The molecule has 0 aliphatic carbocycles. The van der Waals surface area contributed by atoms with Crippen LogP contribution in [0.4, 0.5) is 10.1 Å². The van der Waals surface area contributed by atoms with Gasteiger partial charge in [0.15, 0.2) is 5.82 Å². The van der Waals surface area contributed by atoms with E-state index in [1.807, 2.05) is 0 Å². The summed E-state index contributed by atoms with van der Waals surface area (Å²) in [6.07, 6.45) is 4.60. The average Bonchev–Trinajstić information content (AvgIpc) is 2.80. The number of aryl methyl sites for hydroxylation is 1. The van der Waals surface area contributed by atoms with E-state index in [0.717, 1.165) is 11.6 Å². The molecule has 0 spiro atoms. The zero-order valence-electron chi connectivity index (χ0n) is 18.7. The lowest BCUT2D eigenvalue weighted by atomic mass is 9.96. The number of methoxy groups -OCH3 is 1. The highest BCUT2D eigenvalue weighted by molar-refractivity contribution is 7.92. The molecule has 0 saturated carbocycles. The van der Waals surface area contributed by atoms with Crippen molar-refractivity contribution in [3.8, 4) is 16.9 Å². The first kappa shape index (κ1) is 24.0. The molecule has 2 aromatic carbocycles. The summed E-state index contributed by atoms with van der Waals surface area (Å²) in [5.74, 6) is -0.815. The van der Waals surface area contributed by atoms with E-state index < -0.39 is 15.8 Å². The van der Waals surface area contributed by atoms with Gasteiger partial charge in [0.05, 0.1) is 18.6 Å². The highest BCUT2D eigenvalue weighted by Crippen LogP contribution is 2.38. The molecule has 0 atom stereocenters. The van der Waals surface area contributed by atoms with Gasteiger partial charge in [0, 0.05) is 60.9 Å². The molecule has 10 heteroatoms. The van der Waals surface area contributed by atoms with E-state index in [-0.39, 0.29) is 22.7 Å². The number of benzene rings is 2. The van der Waals surface area contributed by atoms with Gasteiger partial charge in [0.2, 0.25) is 10.0 Å². The number of nitrogens with zero attached hydrogens (tertiary/aromatic N) is 2. The van der Waals surface area contributed by atoms with Crippen molar-refractivity contribution in [1.82, 2.24) is 4.57 Å². The number of aliphatic imine (C=N–C) groups is 1. The Kier molecular flexibility index (Phi) is 6.87. The molecule has 1 heterocycles. The van der Waals surface area contributed by atoms with Crippen LogP contribution in [0.3, 0.4) is 0 Å². The van der Waals surface area contributed by atoms with E-state index in [1.54, 1.807) is 44.7 Å². The molecule has 0 bridgehead atoms. The predicted molar refractivity (Wildman–Crippen MR) is 131 cm³/mol. The van der Waals surface area contributed by atoms with Crippen LogP contribution in [0.15, 0.2) is 52.5 Å². The van der Waals surface area contributed by atoms with E-state index in [1.165, 1.54) is 30.9 Å². The van der Waals surface area contributed by atoms with Gasteiger partial charge in [0.25, 0.3) is 5.56 Å². The van der Waals surface area contributed by atoms with Crippen molar-refractivity contribution < 1.29 is 17.5 Å². The number of hydrogen-bond acceptors (Lipinski definition) is 6. The summed E-state index contributed by atoms with van der Waals surface area (Å²) in [4.78, 5) is 16.8. The van der Waals surface area contributed by atoms with Gasteiger partial charge in [-0.3, -0.25) is 14.5 Å². The first-order chi connectivity index (χ1) is 15.6. The number of hydrogen-bond donors (Lipinski definition) is 2. The Bertz CT molecular complexity index is 1440. The van der Waals surface area contributed by atoms with Crippen molar-refractivity contribution in [3.05, 3.63) is 64.5 Å². The molecule has 174 valence electrons. The summed E-state index contributed by atoms with van der Waals surface area (Å²) in [7, 11) is 0.886. The van der Waals surface area contributed by atoms with Crippen molar-refractivity contribution in [2.24, 2.45) is 17.8 Å². The third kappa shape index (κ3) is 4.75. The molecule has 0 amide bonds. The number of allylic oxidation sites excluding steroid dienone is 1. The Balaban J connectivity index is 2.38. The molecule has 0 aliphatic heterocycles. The lowest BCUT2D eigenvalue weighted by Gasteiger charge is -2.16. The van der Waals surface area contributed by atoms with Crippen LogP contribution in [0.2, 0.25) is 0 Å². The van der Waals surface area contributed by atoms with Gasteiger partial charge in [-0.2, -0.15) is 0 Å². The number of aromatic nitrogens is 1. The minimum atomic E-state index is -3.72. The Morgan fingerprint density at radius 2 is 1.97 bits per heavy atom. The fraction of sp³-hybridized carbons (Fsp3) is 0.217. The van der Waals surface area contributed by atoms with Gasteiger partial charge in [-0.05, 0) is 36.1 Å². The third-order valence-corrected chi connectivity index (χ3v) is 6.48. The van der Waals surface area contributed by atoms with Crippen LogP contribution in [0.25, 0.3) is 27.5 Å².